The molecule has 0 saturated heterocycles. The third-order valence-corrected chi connectivity index (χ3v) is 6.08. The summed E-state index contributed by atoms with van der Waals surface area (Å²) in [6.07, 6.45) is 3.06. The van der Waals surface area contributed by atoms with E-state index in [9.17, 15) is 4.79 Å². The number of hydrogen-bond donors (Lipinski definition) is 0. The number of carbonyl (C=O) groups excluding carboxylic acids is 1. The van der Waals surface area contributed by atoms with Crippen LogP contribution in [0, 0.1) is 11.8 Å². The Bertz CT molecular complexity index is 198. The fourth-order valence-electron chi connectivity index (χ4n) is 2.03. The third kappa shape index (κ3) is 2.57. The van der Waals surface area contributed by atoms with Crippen LogP contribution in [-0.2, 0) is 4.79 Å². The molecule has 2 atom stereocenters. The van der Waals surface area contributed by atoms with Crippen molar-refractivity contribution >= 4 is 20.7 Å². The molecule has 1 rings (SSSR count). The Labute approximate surface area is 87.8 Å². The number of Topliss-reactive ketones (excluding diaryl/α,β-unsaturated/α-hetero) is 1. The standard InChI is InChI=1S/C11H20OSe/c1-8-5-6-10(12)9(7-8)11(2,3)13-4/h8-9H,5-7H2,1-4H3/t8-,9?/m0/s1. The molecule has 0 N–H and O–H groups in total. The number of ketones is 1. The summed E-state index contributed by atoms with van der Waals surface area (Å²) in [5.41, 5.74) is 0. The summed E-state index contributed by atoms with van der Waals surface area (Å²) in [5, 5.41) is 0. The molecule has 1 saturated carbocycles. The van der Waals surface area contributed by atoms with Crippen LogP contribution in [0.1, 0.15) is 40.0 Å². The van der Waals surface area contributed by atoms with Gasteiger partial charge in [0.25, 0.3) is 0 Å². The fraction of sp³-hybridized carbons (Fsp3) is 0.909. The van der Waals surface area contributed by atoms with Crippen molar-refractivity contribution in [3.05, 3.63) is 0 Å². The molecule has 1 unspecified atom stereocenters. The minimum absolute atomic E-state index is 0.277. The van der Waals surface area contributed by atoms with Crippen molar-refractivity contribution in [1.29, 1.82) is 0 Å². The average Bonchev–Trinajstić information content (AvgIpc) is 2.09. The van der Waals surface area contributed by atoms with Gasteiger partial charge in [0.15, 0.2) is 0 Å². The van der Waals surface area contributed by atoms with Gasteiger partial charge >= 0.3 is 87.5 Å². The fourth-order valence-corrected chi connectivity index (χ4v) is 3.10. The molecule has 76 valence electrons. The SMILES string of the molecule is C[Se]C(C)(C)C1C[C@@H](C)CCC1=O. The summed E-state index contributed by atoms with van der Waals surface area (Å²) in [6.45, 7) is 6.79. The zero-order valence-corrected chi connectivity index (χ0v) is 10.8. The van der Waals surface area contributed by atoms with Gasteiger partial charge in [-0.3, -0.25) is 0 Å². The molecule has 1 nitrogen and oxygen atoms in total. The predicted molar refractivity (Wildman–Crippen MR) is 57.2 cm³/mol. The summed E-state index contributed by atoms with van der Waals surface area (Å²) < 4.78 is 0.277. The van der Waals surface area contributed by atoms with E-state index in [-0.39, 0.29) is 4.31 Å². The van der Waals surface area contributed by atoms with Crippen LogP contribution in [0.2, 0.25) is 10.1 Å². The van der Waals surface area contributed by atoms with Crippen LogP contribution in [0.4, 0.5) is 0 Å². The summed E-state index contributed by atoms with van der Waals surface area (Å²) in [4.78, 5) is 11.8. The summed E-state index contributed by atoms with van der Waals surface area (Å²) in [5.74, 6) is 3.87. The maximum atomic E-state index is 11.8. The quantitative estimate of drug-likeness (QED) is 0.686. The normalized spacial score (nSPS) is 30.6. The van der Waals surface area contributed by atoms with Crippen LogP contribution in [0.5, 0.6) is 0 Å². The molecule has 0 bridgehead atoms. The second-order valence-corrected chi connectivity index (χ2v) is 7.77. The van der Waals surface area contributed by atoms with E-state index in [2.05, 4.69) is 26.6 Å². The van der Waals surface area contributed by atoms with Gasteiger partial charge in [0.1, 0.15) is 0 Å². The van der Waals surface area contributed by atoms with E-state index < -0.39 is 0 Å². The maximum absolute atomic E-state index is 11.8. The zero-order chi connectivity index (χ0) is 10.1. The second kappa shape index (κ2) is 4.14. The molecule has 0 aromatic carbocycles. The van der Waals surface area contributed by atoms with E-state index in [1.807, 2.05) is 0 Å². The van der Waals surface area contributed by atoms with Gasteiger partial charge in [-0.25, -0.2) is 0 Å². The Kier molecular flexibility index (Phi) is 3.59. The number of hydrogen-bond acceptors (Lipinski definition) is 1. The Morgan fingerprint density at radius 2 is 2.08 bits per heavy atom. The topological polar surface area (TPSA) is 17.1 Å². The van der Waals surface area contributed by atoms with Crippen LogP contribution in [0.15, 0.2) is 0 Å². The Balaban J connectivity index is 2.71. The third-order valence-electron chi connectivity index (χ3n) is 3.28. The van der Waals surface area contributed by atoms with Gasteiger partial charge in [-0.1, -0.05) is 0 Å². The average molecular weight is 247 g/mol. The molecule has 13 heavy (non-hydrogen) atoms. The van der Waals surface area contributed by atoms with Gasteiger partial charge in [-0.15, -0.1) is 0 Å². The van der Waals surface area contributed by atoms with Gasteiger partial charge in [0, 0.05) is 0 Å². The van der Waals surface area contributed by atoms with Crippen LogP contribution >= 0.6 is 0 Å². The number of rotatable bonds is 2. The van der Waals surface area contributed by atoms with Crippen LogP contribution in [-0.4, -0.2) is 20.7 Å². The Morgan fingerprint density at radius 3 is 2.62 bits per heavy atom. The van der Waals surface area contributed by atoms with Crippen molar-refractivity contribution < 1.29 is 4.79 Å². The molecular formula is C11H20OSe. The van der Waals surface area contributed by atoms with Gasteiger partial charge in [-0.05, 0) is 0 Å². The first-order valence-electron chi connectivity index (χ1n) is 5.05. The Morgan fingerprint density at radius 1 is 1.46 bits per heavy atom. The zero-order valence-electron chi connectivity index (χ0n) is 9.09. The van der Waals surface area contributed by atoms with Crippen molar-refractivity contribution in [1.82, 2.24) is 0 Å². The van der Waals surface area contributed by atoms with Crippen molar-refractivity contribution in [2.45, 2.75) is 50.2 Å². The monoisotopic (exact) mass is 248 g/mol. The van der Waals surface area contributed by atoms with Gasteiger partial charge < -0.3 is 0 Å². The molecule has 1 fully saturated rings. The first kappa shape index (κ1) is 11.3. The van der Waals surface area contributed by atoms with Crippen molar-refractivity contribution in [2.75, 3.05) is 0 Å². The Hall–Kier alpha value is 0.189. The predicted octanol–water partition coefficient (Wildman–Crippen LogP) is 2.94. The molecule has 0 heterocycles. The summed E-state index contributed by atoms with van der Waals surface area (Å²) >= 11 is 0.574. The van der Waals surface area contributed by atoms with Gasteiger partial charge in [0.2, 0.25) is 0 Å². The van der Waals surface area contributed by atoms with E-state index in [0.29, 0.717) is 26.7 Å². The van der Waals surface area contributed by atoms with Gasteiger partial charge in [-0.2, -0.15) is 0 Å². The van der Waals surface area contributed by atoms with Crippen LogP contribution in [0.25, 0.3) is 0 Å². The number of carbonyl (C=O) groups is 1. The molecular weight excluding hydrogens is 227 g/mol. The van der Waals surface area contributed by atoms with Crippen LogP contribution < -0.4 is 0 Å². The van der Waals surface area contributed by atoms with E-state index >= 15 is 0 Å². The minimum atomic E-state index is 0.277. The molecule has 0 aliphatic heterocycles. The van der Waals surface area contributed by atoms with E-state index in [1.54, 1.807) is 0 Å². The van der Waals surface area contributed by atoms with Gasteiger partial charge in [0.05, 0.1) is 0 Å². The molecule has 1 aliphatic rings. The van der Waals surface area contributed by atoms with E-state index in [4.69, 9.17) is 0 Å². The molecule has 0 radical (unpaired) electrons. The molecule has 2 heteroatoms. The second-order valence-electron chi connectivity index (χ2n) is 4.71. The summed E-state index contributed by atoms with van der Waals surface area (Å²) in [6, 6.07) is 0. The molecule has 0 aromatic heterocycles. The van der Waals surface area contributed by atoms with Crippen LogP contribution in [0.3, 0.4) is 0 Å². The summed E-state index contributed by atoms with van der Waals surface area (Å²) in [7, 11) is 0. The van der Waals surface area contributed by atoms with Crippen molar-refractivity contribution in [3.8, 4) is 0 Å². The van der Waals surface area contributed by atoms with Crippen molar-refractivity contribution in [2.24, 2.45) is 11.8 Å². The molecule has 1 aliphatic carbocycles. The first-order chi connectivity index (χ1) is 5.97. The first-order valence-corrected chi connectivity index (χ1v) is 7.62. The van der Waals surface area contributed by atoms with E-state index in [1.165, 1.54) is 0 Å². The van der Waals surface area contributed by atoms with E-state index in [0.717, 1.165) is 25.2 Å². The molecule has 0 aromatic rings. The van der Waals surface area contributed by atoms with Crippen molar-refractivity contribution in [3.63, 3.8) is 0 Å². The molecule has 0 spiro atoms. The molecule has 0 amide bonds.